The van der Waals surface area contributed by atoms with Gasteiger partial charge in [-0.3, -0.25) is 0 Å². The summed E-state index contributed by atoms with van der Waals surface area (Å²) >= 11 is 0. The maximum atomic E-state index is 7.45. The largest absolute Gasteiger partial charge is 0.468 e. The maximum Gasteiger partial charge on any atom is 0.297 e. The molecule has 64 heavy (non-hydrogen) atoms. The van der Waals surface area contributed by atoms with E-state index in [-0.39, 0.29) is 33.8 Å². The molecule has 0 saturated heterocycles. The lowest BCUT2D eigenvalue weighted by atomic mass is 9.35. The molecule has 10 rings (SSSR count). The average molecular weight is 843 g/mol. The molecule has 7 aromatic rings. The lowest BCUT2D eigenvalue weighted by Crippen LogP contribution is -2.61. The molecule has 0 unspecified atom stereocenters. The van der Waals surface area contributed by atoms with Crippen molar-refractivity contribution in [1.82, 2.24) is 0 Å². The summed E-state index contributed by atoms with van der Waals surface area (Å²) < 4.78 is 7.45. The molecule has 0 spiro atoms. The minimum atomic E-state index is -0.141. The van der Waals surface area contributed by atoms with Crippen molar-refractivity contribution in [3.05, 3.63) is 148 Å². The minimum absolute atomic E-state index is 0.0393. The quantitative estimate of drug-likeness (QED) is 0.165. The molecular formula is C60H67BN2O. The van der Waals surface area contributed by atoms with Gasteiger partial charge in [-0.15, -0.1) is 0 Å². The molecule has 1 aromatic heterocycles. The monoisotopic (exact) mass is 843 g/mol. The van der Waals surface area contributed by atoms with Crippen LogP contribution in [-0.2, 0) is 27.1 Å². The normalized spacial score (nSPS) is 16.4. The van der Waals surface area contributed by atoms with Crippen molar-refractivity contribution >= 4 is 68.4 Å². The van der Waals surface area contributed by atoms with Crippen molar-refractivity contribution in [3.63, 3.8) is 0 Å². The summed E-state index contributed by atoms with van der Waals surface area (Å²) in [6, 6.07) is 42.3. The molecule has 3 nitrogen and oxygen atoms in total. The van der Waals surface area contributed by atoms with Gasteiger partial charge in [-0.05, 0) is 146 Å². The van der Waals surface area contributed by atoms with E-state index < -0.39 is 0 Å². The first-order chi connectivity index (χ1) is 30.0. The Bertz CT molecular complexity index is 3020. The number of hydrogen-bond acceptors (Lipinski definition) is 3. The Morgan fingerprint density at radius 3 is 1.84 bits per heavy atom. The summed E-state index contributed by atoms with van der Waals surface area (Å²) in [5.74, 6) is 0. The molecule has 326 valence electrons. The summed E-state index contributed by atoms with van der Waals surface area (Å²) in [5.41, 5.74) is 23.6. The number of anilines is 6. The Labute approximate surface area is 384 Å². The number of benzene rings is 6. The van der Waals surface area contributed by atoms with Crippen LogP contribution in [0.15, 0.2) is 114 Å². The van der Waals surface area contributed by atoms with Crippen LogP contribution >= 0.6 is 0 Å². The molecule has 1 aliphatic carbocycles. The van der Waals surface area contributed by atoms with Gasteiger partial charge in [0.2, 0.25) is 0 Å². The number of hydrogen-bond donors (Lipinski definition) is 0. The lowest BCUT2D eigenvalue weighted by Gasteiger charge is -2.49. The standard InChI is InChI=1S/C60H67BN2O/c1-36-21-28-49-42(31-36)53-55(64-49)61-45-27-26-43-51(60(14,15)30-29-59(43,12)13)54(45)62(41-24-22-39(23-25-41)56(3,4)5)47-32-37(2)33-48(52(47)61)63(53)46-35-40(57(6,7)8)34-44(58(9,10)11)50(46)38-19-17-16-18-20-38/h16-28,31-35H,29-30H2,1-15H3. The van der Waals surface area contributed by atoms with Gasteiger partial charge in [0.1, 0.15) is 5.58 Å². The third-order valence-electron chi connectivity index (χ3n) is 15.0. The van der Waals surface area contributed by atoms with E-state index >= 15 is 0 Å². The fourth-order valence-corrected chi connectivity index (χ4v) is 11.3. The van der Waals surface area contributed by atoms with E-state index in [4.69, 9.17) is 4.42 Å². The number of furan rings is 1. The van der Waals surface area contributed by atoms with Crippen LogP contribution in [0.3, 0.4) is 0 Å². The van der Waals surface area contributed by atoms with E-state index in [2.05, 4.69) is 223 Å². The second-order valence-electron chi connectivity index (χ2n) is 23.9. The molecule has 4 heteroatoms. The van der Waals surface area contributed by atoms with Gasteiger partial charge >= 0.3 is 0 Å². The Balaban J connectivity index is 1.39. The van der Waals surface area contributed by atoms with Gasteiger partial charge in [0.05, 0.1) is 17.0 Å². The molecule has 3 aliphatic rings. The van der Waals surface area contributed by atoms with Crippen LogP contribution in [-0.4, -0.2) is 6.71 Å². The first-order valence-corrected chi connectivity index (χ1v) is 23.8. The summed E-state index contributed by atoms with van der Waals surface area (Å²) in [7, 11) is 0. The number of aryl methyl sites for hydroxylation is 2. The van der Waals surface area contributed by atoms with Gasteiger partial charge in [0.15, 0.2) is 0 Å². The van der Waals surface area contributed by atoms with Crippen molar-refractivity contribution in [2.75, 3.05) is 9.80 Å². The predicted molar refractivity (Wildman–Crippen MR) is 277 cm³/mol. The average Bonchev–Trinajstić information content (AvgIpc) is 3.59. The fraction of sp³-hybridized carbons (Fsp3) is 0.367. The molecule has 0 amide bonds. The summed E-state index contributed by atoms with van der Waals surface area (Å²) in [5, 5.41) is 1.15. The molecular weight excluding hydrogens is 775 g/mol. The lowest BCUT2D eigenvalue weighted by molar-refractivity contribution is 0.333. The minimum Gasteiger partial charge on any atom is -0.468 e. The zero-order valence-corrected chi connectivity index (χ0v) is 41.2. The van der Waals surface area contributed by atoms with Gasteiger partial charge < -0.3 is 14.2 Å². The Morgan fingerprint density at radius 1 is 0.562 bits per heavy atom. The fourth-order valence-electron chi connectivity index (χ4n) is 11.3. The molecule has 3 heterocycles. The topological polar surface area (TPSA) is 19.6 Å². The second-order valence-corrected chi connectivity index (χ2v) is 23.9. The van der Waals surface area contributed by atoms with Crippen LogP contribution in [0, 0.1) is 13.8 Å². The summed E-state index contributed by atoms with van der Waals surface area (Å²) in [6.07, 6.45) is 2.29. The van der Waals surface area contributed by atoms with Gasteiger partial charge in [-0.25, -0.2) is 0 Å². The smallest absolute Gasteiger partial charge is 0.297 e. The third kappa shape index (κ3) is 6.52. The maximum absolute atomic E-state index is 7.45. The van der Waals surface area contributed by atoms with Crippen molar-refractivity contribution in [2.24, 2.45) is 0 Å². The van der Waals surface area contributed by atoms with Crippen molar-refractivity contribution in [2.45, 2.75) is 144 Å². The molecule has 0 bridgehead atoms. The van der Waals surface area contributed by atoms with E-state index in [0.29, 0.717) is 0 Å². The molecule has 0 atom stereocenters. The molecule has 0 fully saturated rings. The Kier molecular flexibility index (Phi) is 9.30. The molecule has 0 radical (unpaired) electrons. The van der Waals surface area contributed by atoms with Gasteiger partial charge in [-0.2, -0.15) is 0 Å². The molecule has 0 saturated carbocycles. The molecule has 0 N–H and O–H groups in total. The highest BCUT2D eigenvalue weighted by Crippen LogP contribution is 2.56. The first-order valence-electron chi connectivity index (χ1n) is 23.8. The van der Waals surface area contributed by atoms with Crippen LogP contribution < -0.4 is 26.4 Å². The van der Waals surface area contributed by atoms with Crippen LogP contribution in [0.1, 0.15) is 142 Å². The number of rotatable bonds is 3. The Hall–Kier alpha value is -5.48. The van der Waals surface area contributed by atoms with E-state index in [9.17, 15) is 0 Å². The van der Waals surface area contributed by atoms with E-state index in [1.54, 1.807) is 0 Å². The van der Waals surface area contributed by atoms with E-state index in [0.717, 1.165) is 35.2 Å². The van der Waals surface area contributed by atoms with Crippen LogP contribution in [0.5, 0.6) is 0 Å². The van der Waals surface area contributed by atoms with Crippen LogP contribution in [0.25, 0.3) is 22.1 Å². The third-order valence-corrected chi connectivity index (χ3v) is 15.0. The molecule has 2 aliphatic heterocycles. The zero-order chi connectivity index (χ0) is 45.6. The second kappa shape index (κ2) is 14.0. The van der Waals surface area contributed by atoms with Crippen molar-refractivity contribution < 1.29 is 4.42 Å². The SMILES string of the molecule is Cc1cc2c3c(c1)N(c1cc(C(C)(C)C)cc(C(C)(C)C)c1-c1ccccc1)c1c(oc4ccc(C)cc14)B3c1ccc3c(c1N2c1ccc(C(C)(C)C)cc1)C(C)(C)CCC3(C)C. The van der Waals surface area contributed by atoms with E-state index in [1.165, 1.54) is 89.4 Å². The van der Waals surface area contributed by atoms with Crippen molar-refractivity contribution in [3.8, 4) is 11.1 Å². The highest BCUT2D eigenvalue weighted by Gasteiger charge is 2.51. The summed E-state index contributed by atoms with van der Waals surface area (Å²) in [6.45, 7) is 35.4. The highest BCUT2D eigenvalue weighted by atomic mass is 16.3. The number of fused-ring (bicyclic) bond motifs is 8. The van der Waals surface area contributed by atoms with Gasteiger partial charge in [0.25, 0.3) is 6.71 Å². The Morgan fingerprint density at radius 2 is 1.20 bits per heavy atom. The molecule has 6 aromatic carbocycles. The predicted octanol–water partition coefficient (Wildman–Crippen LogP) is 15.0. The van der Waals surface area contributed by atoms with Gasteiger partial charge in [-0.1, -0.05) is 162 Å². The van der Waals surface area contributed by atoms with Crippen LogP contribution in [0.2, 0.25) is 0 Å². The highest BCUT2D eigenvalue weighted by molar-refractivity contribution is 7.00. The van der Waals surface area contributed by atoms with Gasteiger partial charge in [0, 0.05) is 33.7 Å². The number of nitrogens with zero attached hydrogens (tertiary/aromatic N) is 2. The summed E-state index contributed by atoms with van der Waals surface area (Å²) in [4.78, 5) is 5.29. The van der Waals surface area contributed by atoms with E-state index in [1.807, 2.05) is 0 Å². The van der Waals surface area contributed by atoms with Crippen LogP contribution in [0.4, 0.5) is 34.1 Å². The van der Waals surface area contributed by atoms with Crippen molar-refractivity contribution in [1.29, 1.82) is 0 Å². The zero-order valence-electron chi connectivity index (χ0n) is 41.2. The first kappa shape index (κ1) is 42.5.